The molecule has 1 atom stereocenters. The minimum absolute atomic E-state index is 0.160. The first kappa shape index (κ1) is 32.3. The van der Waals surface area contributed by atoms with E-state index in [1.807, 2.05) is 18.4 Å². The van der Waals surface area contributed by atoms with Gasteiger partial charge in [0.15, 0.2) is 0 Å². The molecule has 3 aromatic carbocycles. The maximum Gasteiger partial charge on any atom is 0.416 e. The molecule has 1 unspecified atom stereocenters. The molecule has 1 saturated heterocycles. The molecule has 1 fully saturated rings. The second-order valence-electron chi connectivity index (χ2n) is 12.3. The van der Waals surface area contributed by atoms with E-state index in [-0.39, 0.29) is 6.54 Å². The number of fused-ring (bicyclic) bond motifs is 2. The first-order valence-electron chi connectivity index (χ1n) is 15.4. The van der Waals surface area contributed by atoms with Crippen LogP contribution in [0.25, 0.3) is 0 Å². The predicted octanol–water partition coefficient (Wildman–Crippen LogP) is 6.12. The molecular weight excluding hydrogens is 616 g/mol. The summed E-state index contributed by atoms with van der Waals surface area (Å²) in [5.74, 6) is -1.05. The van der Waals surface area contributed by atoms with E-state index in [1.165, 1.54) is 15.0 Å². The summed E-state index contributed by atoms with van der Waals surface area (Å²) < 4.78 is 59.3. The lowest BCUT2D eigenvalue weighted by Crippen LogP contribution is -2.49. The van der Waals surface area contributed by atoms with Crippen LogP contribution in [0.2, 0.25) is 0 Å². The Hall–Kier alpha value is -3.67. The van der Waals surface area contributed by atoms with E-state index in [2.05, 4.69) is 23.1 Å². The van der Waals surface area contributed by atoms with Gasteiger partial charge in [-0.05, 0) is 80.4 Å². The van der Waals surface area contributed by atoms with Crippen LogP contribution in [-0.2, 0) is 37.6 Å². The van der Waals surface area contributed by atoms with Gasteiger partial charge in [-0.2, -0.15) is 13.2 Å². The Morgan fingerprint density at radius 3 is 2.33 bits per heavy atom. The van der Waals surface area contributed by atoms with Gasteiger partial charge in [-0.25, -0.2) is 9.18 Å². The van der Waals surface area contributed by atoms with Crippen molar-refractivity contribution in [3.63, 3.8) is 0 Å². The molecule has 0 saturated carbocycles. The zero-order valence-electron chi connectivity index (χ0n) is 25.5. The monoisotopic (exact) mass is 652 g/mol. The standard InChI is InChI=1S/C35H36F4N4O2S/c1-46-25-10-5-7-23(19-25)20-41-17-15-34(16-18-41)14-13-30-31(34)32(44)43(22-29(40)24-8-3-2-4-9-24)33(45)42(30)21-26-27(35(37,38)39)11-6-12-28(26)36/h2-12,19,29H,13-18,20-22,40H2,1H3. The maximum absolute atomic E-state index is 15.1. The molecule has 0 amide bonds. The van der Waals surface area contributed by atoms with Gasteiger partial charge in [0.25, 0.3) is 5.56 Å². The smallest absolute Gasteiger partial charge is 0.322 e. The summed E-state index contributed by atoms with van der Waals surface area (Å²) in [4.78, 5) is 31.8. The number of halogens is 4. The average molecular weight is 653 g/mol. The van der Waals surface area contributed by atoms with Crippen molar-refractivity contribution in [1.29, 1.82) is 0 Å². The molecule has 46 heavy (non-hydrogen) atoms. The molecule has 0 bridgehead atoms. The van der Waals surface area contributed by atoms with Crippen LogP contribution in [0.5, 0.6) is 0 Å². The van der Waals surface area contributed by atoms with E-state index in [0.29, 0.717) is 42.5 Å². The number of piperidine rings is 1. The summed E-state index contributed by atoms with van der Waals surface area (Å²) >= 11 is 1.69. The highest BCUT2D eigenvalue weighted by Gasteiger charge is 2.46. The number of likely N-dealkylation sites (tertiary alicyclic amines) is 1. The van der Waals surface area contributed by atoms with Gasteiger partial charge < -0.3 is 5.73 Å². The normalized spacial score (nSPS) is 16.9. The topological polar surface area (TPSA) is 73.3 Å². The van der Waals surface area contributed by atoms with E-state index in [4.69, 9.17) is 5.73 Å². The Labute approximate surface area is 268 Å². The minimum Gasteiger partial charge on any atom is -0.322 e. The Morgan fingerprint density at radius 1 is 0.913 bits per heavy atom. The number of rotatable bonds is 8. The van der Waals surface area contributed by atoms with Crippen molar-refractivity contribution in [2.24, 2.45) is 5.73 Å². The molecule has 2 heterocycles. The van der Waals surface area contributed by atoms with E-state index < -0.39 is 52.4 Å². The van der Waals surface area contributed by atoms with Crippen LogP contribution in [0.4, 0.5) is 17.6 Å². The van der Waals surface area contributed by atoms with E-state index in [0.717, 1.165) is 42.4 Å². The van der Waals surface area contributed by atoms with Crippen LogP contribution in [0.3, 0.4) is 0 Å². The van der Waals surface area contributed by atoms with E-state index in [9.17, 15) is 22.8 Å². The van der Waals surface area contributed by atoms with Crippen molar-refractivity contribution >= 4 is 11.8 Å². The summed E-state index contributed by atoms with van der Waals surface area (Å²) in [6, 6.07) is 19.5. The predicted molar refractivity (Wildman–Crippen MR) is 172 cm³/mol. The van der Waals surface area contributed by atoms with Gasteiger partial charge in [0.05, 0.1) is 18.7 Å². The summed E-state index contributed by atoms with van der Waals surface area (Å²) in [6.07, 6.45) is -0.530. The van der Waals surface area contributed by atoms with Crippen molar-refractivity contribution < 1.29 is 17.6 Å². The minimum atomic E-state index is -4.82. The van der Waals surface area contributed by atoms with Gasteiger partial charge in [-0.1, -0.05) is 48.5 Å². The van der Waals surface area contributed by atoms with Crippen LogP contribution in [0, 0.1) is 5.82 Å². The molecule has 1 aliphatic heterocycles. The zero-order valence-corrected chi connectivity index (χ0v) is 26.3. The lowest BCUT2D eigenvalue weighted by Gasteiger charge is -2.40. The number of alkyl halides is 3. The van der Waals surface area contributed by atoms with Gasteiger partial charge in [0, 0.05) is 39.7 Å². The summed E-state index contributed by atoms with van der Waals surface area (Å²) in [5, 5.41) is 0. The highest BCUT2D eigenvalue weighted by molar-refractivity contribution is 7.98. The number of benzene rings is 3. The van der Waals surface area contributed by atoms with Gasteiger partial charge in [0.1, 0.15) is 5.82 Å². The lowest BCUT2D eigenvalue weighted by molar-refractivity contribution is -0.138. The highest BCUT2D eigenvalue weighted by Crippen LogP contribution is 2.45. The second kappa shape index (κ2) is 12.8. The third-order valence-corrected chi connectivity index (χ3v) is 10.3. The fourth-order valence-electron chi connectivity index (χ4n) is 7.15. The SMILES string of the molecule is CSc1cccc(CN2CCC3(CCc4c3c(=O)n(CC(N)c3ccccc3)c(=O)n4Cc3c(F)cccc3C(F)(F)F)CC2)c1. The first-order valence-corrected chi connectivity index (χ1v) is 16.6. The van der Waals surface area contributed by atoms with Crippen LogP contribution in [0.1, 0.15) is 58.8 Å². The average Bonchev–Trinajstić information content (AvgIpc) is 3.41. The fourth-order valence-corrected chi connectivity index (χ4v) is 7.64. The summed E-state index contributed by atoms with van der Waals surface area (Å²) in [6.45, 7) is 1.40. The van der Waals surface area contributed by atoms with Crippen molar-refractivity contribution in [2.45, 2.75) is 67.8 Å². The van der Waals surface area contributed by atoms with Crippen molar-refractivity contribution in [2.75, 3.05) is 19.3 Å². The Kier molecular flexibility index (Phi) is 9.02. The molecule has 11 heteroatoms. The third-order valence-electron chi connectivity index (χ3n) is 9.61. The van der Waals surface area contributed by atoms with Crippen LogP contribution in [0.15, 0.2) is 87.3 Å². The molecule has 6 nitrogen and oxygen atoms in total. The molecule has 1 aromatic heterocycles. The summed E-state index contributed by atoms with van der Waals surface area (Å²) in [5.41, 5.74) is 5.70. The molecule has 6 rings (SSSR count). The fraction of sp³-hybridized carbons (Fsp3) is 0.371. The molecule has 4 aromatic rings. The number of aromatic nitrogens is 2. The number of thioether (sulfide) groups is 1. The van der Waals surface area contributed by atoms with Crippen molar-refractivity contribution in [1.82, 2.24) is 14.0 Å². The molecule has 0 radical (unpaired) electrons. The quantitative estimate of drug-likeness (QED) is 0.184. The number of nitrogens with two attached hydrogens (primary N) is 1. The van der Waals surface area contributed by atoms with Crippen LogP contribution < -0.4 is 17.0 Å². The first-order chi connectivity index (χ1) is 22.0. The van der Waals surface area contributed by atoms with Gasteiger partial charge >= 0.3 is 11.9 Å². The molecule has 2 N–H and O–H groups in total. The molecule has 2 aliphatic rings. The Balaban J connectivity index is 1.40. The highest BCUT2D eigenvalue weighted by atomic mass is 32.2. The lowest BCUT2D eigenvalue weighted by atomic mass is 9.74. The Bertz CT molecular complexity index is 1850. The van der Waals surface area contributed by atoms with Crippen LogP contribution in [-0.4, -0.2) is 33.4 Å². The van der Waals surface area contributed by atoms with Crippen molar-refractivity contribution in [3.8, 4) is 0 Å². The molecular formula is C35H36F4N4O2S. The van der Waals surface area contributed by atoms with Crippen LogP contribution >= 0.6 is 11.8 Å². The van der Waals surface area contributed by atoms with Gasteiger partial charge in [0.2, 0.25) is 0 Å². The summed E-state index contributed by atoms with van der Waals surface area (Å²) in [7, 11) is 0. The Morgan fingerprint density at radius 2 is 1.63 bits per heavy atom. The maximum atomic E-state index is 15.1. The van der Waals surface area contributed by atoms with E-state index in [1.54, 1.807) is 36.0 Å². The largest absolute Gasteiger partial charge is 0.416 e. The molecule has 242 valence electrons. The molecule has 1 aliphatic carbocycles. The van der Waals surface area contributed by atoms with Gasteiger partial charge in [-0.3, -0.25) is 18.8 Å². The van der Waals surface area contributed by atoms with Gasteiger partial charge in [-0.15, -0.1) is 11.8 Å². The second-order valence-corrected chi connectivity index (χ2v) is 13.2. The van der Waals surface area contributed by atoms with Crippen molar-refractivity contribution in [3.05, 3.63) is 133 Å². The number of nitrogens with zero attached hydrogens (tertiary/aromatic N) is 3. The third kappa shape index (κ3) is 6.20. The number of hydrogen-bond acceptors (Lipinski definition) is 5. The zero-order chi connectivity index (χ0) is 32.6. The van der Waals surface area contributed by atoms with E-state index >= 15 is 4.39 Å². The molecule has 1 spiro atoms. The number of hydrogen-bond donors (Lipinski definition) is 1.